The fourth-order valence-corrected chi connectivity index (χ4v) is 1.79. The molecule has 1 rings (SSSR count). The third kappa shape index (κ3) is 8.53. The van der Waals surface area contributed by atoms with Crippen LogP contribution in [0.5, 0.6) is 0 Å². The van der Waals surface area contributed by atoms with Gasteiger partial charge < -0.3 is 19.5 Å². The number of carbonyl (C=O) groups excluding carboxylic acids is 2. The number of ether oxygens (including phenoxy) is 3. The molecule has 0 radical (unpaired) electrons. The van der Waals surface area contributed by atoms with E-state index >= 15 is 0 Å². The number of nitrogens with one attached hydrogen (secondary N) is 1. The van der Waals surface area contributed by atoms with Gasteiger partial charge in [-0.25, -0.2) is 9.59 Å². The average molecular weight is 337 g/mol. The normalized spacial score (nSPS) is 13.7. The van der Waals surface area contributed by atoms with Gasteiger partial charge in [-0.1, -0.05) is 30.3 Å². The molecule has 0 fully saturated rings. The third-order valence-electron chi connectivity index (χ3n) is 2.87. The molecule has 0 aromatic heterocycles. The molecule has 0 unspecified atom stereocenters. The largest absolute Gasteiger partial charge is 0.459 e. The van der Waals surface area contributed by atoms with Crippen molar-refractivity contribution in [1.82, 2.24) is 5.32 Å². The van der Waals surface area contributed by atoms with E-state index in [9.17, 15) is 9.59 Å². The van der Waals surface area contributed by atoms with Crippen molar-refractivity contribution in [3.63, 3.8) is 0 Å². The molecule has 6 nitrogen and oxygen atoms in total. The first-order chi connectivity index (χ1) is 11.2. The van der Waals surface area contributed by atoms with Gasteiger partial charge in [-0.2, -0.15) is 0 Å². The van der Waals surface area contributed by atoms with Gasteiger partial charge in [0, 0.05) is 0 Å². The fourth-order valence-electron chi connectivity index (χ4n) is 1.79. The predicted molar refractivity (Wildman–Crippen MR) is 90.5 cm³/mol. The van der Waals surface area contributed by atoms with E-state index in [2.05, 4.69) is 5.32 Å². The first kappa shape index (κ1) is 20.0. The lowest BCUT2D eigenvalue weighted by atomic mass is 10.2. The van der Waals surface area contributed by atoms with Crippen LogP contribution in [0, 0.1) is 0 Å². The zero-order chi connectivity index (χ0) is 18.2. The van der Waals surface area contributed by atoms with Gasteiger partial charge in [0.2, 0.25) is 0 Å². The third-order valence-corrected chi connectivity index (χ3v) is 2.87. The molecule has 0 spiro atoms. The second-order valence-corrected chi connectivity index (χ2v) is 6.62. The Hall–Kier alpha value is -2.08. The summed E-state index contributed by atoms with van der Waals surface area (Å²) in [4.78, 5) is 23.6. The molecule has 0 aliphatic rings. The van der Waals surface area contributed by atoms with E-state index in [0.717, 1.165) is 5.56 Å². The van der Waals surface area contributed by atoms with Crippen LogP contribution in [0.1, 0.15) is 40.2 Å². The van der Waals surface area contributed by atoms with Crippen LogP contribution in [-0.4, -0.2) is 36.4 Å². The summed E-state index contributed by atoms with van der Waals surface area (Å²) in [7, 11) is 0. The van der Waals surface area contributed by atoms with Gasteiger partial charge >= 0.3 is 12.1 Å². The number of benzene rings is 1. The van der Waals surface area contributed by atoms with Gasteiger partial charge in [-0.15, -0.1) is 0 Å². The first-order valence-electron chi connectivity index (χ1n) is 7.99. The zero-order valence-corrected chi connectivity index (χ0v) is 15.0. The summed E-state index contributed by atoms with van der Waals surface area (Å²) < 4.78 is 15.9. The molecule has 0 bridgehead atoms. The summed E-state index contributed by atoms with van der Waals surface area (Å²) in [5, 5.41) is 2.45. The van der Waals surface area contributed by atoms with Crippen LogP contribution in [0.4, 0.5) is 4.79 Å². The molecule has 134 valence electrons. The predicted octanol–water partition coefficient (Wildman–Crippen LogP) is 3.05. The number of amides is 1. The maximum atomic E-state index is 11.9. The Bertz CT molecular complexity index is 524. The number of alkyl carbamates (subject to hydrolysis) is 1. The van der Waals surface area contributed by atoms with Crippen molar-refractivity contribution in [3.05, 3.63) is 35.9 Å². The molecular formula is C18H27NO5. The van der Waals surface area contributed by atoms with Gasteiger partial charge in [-0.05, 0) is 40.2 Å². The number of rotatable bonds is 7. The van der Waals surface area contributed by atoms with E-state index < -0.39 is 29.8 Å². The topological polar surface area (TPSA) is 73.9 Å². The van der Waals surface area contributed by atoms with Crippen LogP contribution >= 0.6 is 0 Å². The molecule has 0 heterocycles. The van der Waals surface area contributed by atoms with Gasteiger partial charge in [0.15, 0.2) is 0 Å². The van der Waals surface area contributed by atoms with Crippen molar-refractivity contribution in [2.45, 2.75) is 59.0 Å². The molecule has 6 heteroatoms. The van der Waals surface area contributed by atoms with Crippen LogP contribution in [0.15, 0.2) is 30.3 Å². The Morgan fingerprint density at radius 2 is 1.75 bits per heavy atom. The highest BCUT2D eigenvalue weighted by Gasteiger charge is 2.23. The Morgan fingerprint density at radius 1 is 1.12 bits per heavy atom. The summed E-state index contributed by atoms with van der Waals surface area (Å²) in [5.41, 5.74) is 0.433. The highest BCUT2D eigenvalue weighted by Crippen LogP contribution is 2.07. The minimum Gasteiger partial charge on any atom is -0.459 e. The first-order valence-corrected chi connectivity index (χ1v) is 7.99. The minimum atomic E-state index is -0.795. The summed E-state index contributed by atoms with van der Waals surface area (Å²) in [6.07, 6.45) is -1.07. The second-order valence-electron chi connectivity index (χ2n) is 6.62. The van der Waals surface area contributed by atoms with Crippen LogP contribution in [0.3, 0.4) is 0 Å². The summed E-state index contributed by atoms with van der Waals surface area (Å²) >= 11 is 0. The van der Waals surface area contributed by atoms with E-state index in [-0.39, 0.29) is 6.61 Å². The molecule has 2 atom stereocenters. The van der Waals surface area contributed by atoms with Gasteiger partial charge in [0.1, 0.15) is 17.7 Å². The number of hydrogen-bond acceptors (Lipinski definition) is 5. The molecule has 0 aliphatic heterocycles. The lowest BCUT2D eigenvalue weighted by molar-refractivity contribution is -0.153. The van der Waals surface area contributed by atoms with Crippen LogP contribution < -0.4 is 5.32 Å². The van der Waals surface area contributed by atoms with Crippen molar-refractivity contribution >= 4 is 12.1 Å². The lowest BCUT2D eigenvalue weighted by Crippen LogP contribution is -2.43. The average Bonchev–Trinajstić information content (AvgIpc) is 2.46. The lowest BCUT2D eigenvalue weighted by Gasteiger charge is -2.22. The SMILES string of the molecule is C[C@H](NC(=O)OC(C)(C)C)C(=O)O[C@@H](C)COCc1ccccc1. The highest BCUT2D eigenvalue weighted by molar-refractivity contribution is 5.81. The molecule has 1 aromatic rings. The van der Waals surface area contributed by atoms with E-state index in [1.54, 1.807) is 34.6 Å². The molecular weight excluding hydrogens is 310 g/mol. The molecule has 1 N–H and O–H groups in total. The van der Waals surface area contributed by atoms with Crippen molar-refractivity contribution < 1.29 is 23.8 Å². The van der Waals surface area contributed by atoms with E-state index in [4.69, 9.17) is 14.2 Å². The maximum absolute atomic E-state index is 11.9. The minimum absolute atomic E-state index is 0.278. The standard InChI is InChI=1S/C18H27NO5/c1-13(11-22-12-15-9-7-6-8-10-15)23-16(20)14(2)19-17(21)24-18(3,4)5/h6-10,13-14H,11-12H2,1-5H3,(H,19,21)/t13-,14-/m0/s1. The van der Waals surface area contributed by atoms with Gasteiger partial charge in [-0.3, -0.25) is 0 Å². The second kappa shape index (κ2) is 9.27. The molecule has 0 saturated carbocycles. The van der Waals surface area contributed by atoms with Crippen molar-refractivity contribution in [2.75, 3.05) is 6.61 Å². The van der Waals surface area contributed by atoms with E-state index in [1.165, 1.54) is 0 Å². The quantitative estimate of drug-likeness (QED) is 0.774. The van der Waals surface area contributed by atoms with E-state index in [0.29, 0.717) is 6.61 Å². The Balaban J connectivity index is 2.28. The number of carbonyl (C=O) groups is 2. The Kier molecular flexibility index (Phi) is 7.71. The van der Waals surface area contributed by atoms with Crippen molar-refractivity contribution in [1.29, 1.82) is 0 Å². The number of hydrogen-bond donors (Lipinski definition) is 1. The van der Waals surface area contributed by atoms with Crippen LogP contribution in [0.25, 0.3) is 0 Å². The Labute approximate surface area is 143 Å². The van der Waals surface area contributed by atoms with Crippen molar-refractivity contribution in [2.24, 2.45) is 0 Å². The Morgan fingerprint density at radius 3 is 2.33 bits per heavy atom. The maximum Gasteiger partial charge on any atom is 0.408 e. The monoisotopic (exact) mass is 337 g/mol. The highest BCUT2D eigenvalue weighted by atomic mass is 16.6. The summed E-state index contributed by atoms with van der Waals surface area (Å²) in [6.45, 7) is 9.27. The van der Waals surface area contributed by atoms with E-state index in [1.807, 2.05) is 30.3 Å². The molecule has 1 amide bonds. The number of esters is 1. The van der Waals surface area contributed by atoms with Crippen LogP contribution in [0.2, 0.25) is 0 Å². The van der Waals surface area contributed by atoms with Gasteiger partial charge in [0.25, 0.3) is 0 Å². The summed E-state index contributed by atoms with van der Waals surface area (Å²) in [6, 6.07) is 8.94. The molecule has 0 aliphatic carbocycles. The summed E-state index contributed by atoms with van der Waals surface area (Å²) in [5.74, 6) is -0.531. The fraction of sp³-hybridized carbons (Fsp3) is 0.556. The van der Waals surface area contributed by atoms with Gasteiger partial charge in [0.05, 0.1) is 13.2 Å². The molecule has 0 saturated heterocycles. The zero-order valence-electron chi connectivity index (χ0n) is 15.0. The van der Waals surface area contributed by atoms with Crippen LogP contribution in [-0.2, 0) is 25.6 Å². The van der Waals surface area contributed by atoms with Crippen molar-refractivity contribution in [3.8, 4) is 0 Å². The smallest absolute Gasteiger partial charge is 0.408 e. The molecule has 24 heavy (non-hydrogen) atoms. The molecule has 1 aromatic carbocycles.